The smallest absolute Gasteiger partial charge is 0.187 e. The summed E-state index contributed by atoms with van der Waals surface area (Å²) >= 11 is 5.63. The van der Waals surface area contributed by atoms with Crippen molar-refractivity contribution in [3.8, 4) is 0 Å². The highest BCUT2D eigenvalue weighted by Gasteiger charge is 2.12. The molecule has 1 aromatic heterocycles. The maximum atomic E-state index is 13.5. The van der Waals surface area contributed by atoms with Crippen LogP contribution in [0.1, 0.15) is 16.1 Å². The SMILES string of the molecule is Cn1cnc(C(=O)Cc2ccc(Cl)cc2F)c1. The van der Waals surface area contributed by atoms with E-state index in [1.807, 2.05) is 0 Å². The summed E-state index contributed by atoms with van der Waals surface area (Å²) in [5, 5.41) is 0.316. The molecule has 0 atom stereocenters. The van der Waals surface area contributed by atoms with Crippen LogP contribution in [0.15, 0.2) is 30.7 Å². The lowest BCUT2D eigenvalue weighted by Gasteiger charge is -2.01. The van der Waals surface area contributed by atoms with Gasteiger partial charge >= 0.3 is 0 Å². The predicted octanol–water partition coefficient (Wildman–Crippen LogP) is 2.64. The first-order chi connectivity index (χ1) is 8.06. The van der Waals surface area contributed by atoms with Gasteiger partial charge in [-0.15, -0.1) is 0 Å². The van der Waals surface area contributed by atoms with Crippen molar-refractivity contribution in [3.05, 3.63) is 52.8 Å². The Bertz CT molecular complexity index is 565. The van der Waals surface area contributed by atoms with Crippen molar-refractivity contribution in [2.45, 2.75) is 6.42 Å². The molecule has 0 radical (unpaired) electrons. The second-order valence-corrected chi connectivity index (χ2v) is 4.20. The lowest BCUT2D eigenvalue weighted by Crippen LogP contribution is -2.05. The van der Waals surface area contributed by atoms with E-state index >= 15 is 0 Å². The van der Waals surface area contributed by atoms with E-state index in [1.165, 1.54) is 18.5 Å². The molecule has 0 aliphatic rings. The van der Waals surface area contributed by atoms with Gasteiger partial charge in [-0.05, 0) is 17.7 Å². The van der Waals surface area contributed by atoms with Crippen molar-refractivity contribution in [3.63, 3.8) is 0 Å². The van der Waals surface area contributed by atoms with Crippen molar-refractivity contribution in [1.29, 1.82) is 0 Å². The van der Waals surface area contributed by atoms with Gasteiger partial charge < -0.3 is 4.57 Å². The molecule has 2 rings (SSSR count). The molecule has 0 aliphatic heterocycles. The number of rotatable bonds is 3. The van der Waals surface area contributed by atoms with Gasteiger partial charge in [0.05, 0.1) is 6.33 Å². The predicted molar refractivity (Wildman–Crippen MR) is 62.7 cm³/mol. The summed E-state index contributed by atoms with van der Waals surface area (Å²) in [6.07, 6.45) is 3.13. The average Bonchev–Trinajstić information content (AvgIpc) is 2.69. The van der Waals surface area contributed by atoms with Gasteiger partial charge in [-0.25, -0.2) is 9.37 Å². The van der Waals surface area contributed by atoms with Crippen molar-refractivity contribution in [2.75, 3.05) is 0 Å². The summed E-state index contributed by atoms with van der Waals surface area (Å²) in [6.45, 7) is 0. The van der Waals surface area contributed by atoms with Gasteiger partial charge in [-0.2, -0.15) is 0 Å². The van der Waals surface area contributed by atoms with Gasteiger partial charge in [0.15, 0.2) is 5.78 Å². The fourth-order valence-electron chi connectivity index (χ4n) is 1.49. The van der Waals surface area contributed by atoms with Crippen LogP contribution in [0.3, 0.4) is 0 Å². The van der Waals surface area contributed by atoms with Crippen molar-refractivity contribution < 1.29 is 9.18 Å². The quantitative estimate of drug-likeness (QED) is 0.787. The largest absolute Gasteiger partial charge is 0.340 e. The highest BCUT2D eigenvalue weighted by molar-refractivity contribution is 6.30. The second kappa shape index (κ2) is 4.67. The maximum absolute atomic E-state index is 13.5. The lowest BCUT2D eigenvalue weighted by atomic mass is 10.1. The molecule has 0 spiro atoms. The molecule has 0 saturated carbocycles. The zero-order valence-corrected chi connectivity index (χ0v) is 9.91. The minimum Gasteiger partial charge on any atom is -0.340 e. The molecule has 5 heteroatoms. The maximum Gasteiger partial charge on any atom is 0.187 e. The molecule has 88 valence electrons. The number of hydrogen-bond acceptors (Lipinski definition) is 2. The number of nitrogens with zero attached hydrogens (tertiary/aromatic N) is 2. The van der Waals surface area contributed by atoms with Crippen LogP contribution in [-0.2, 0) is 13.5 Å². The number of imidazole rings is 1. The zero-order valence-electron chi connectivity index (χ0n) is 9.15. The number of carbonyl (C=O) groups excluding carboxylic acids is 1. The normalized spacial score (nSPS) is 10.5. The molecule has 0 unspecified atom stereocenters. The van der Waals surface area contributed by atoms with Crippen molar-refractivity contribution in [1.82, 2.24) is 9.55 Å². The molecule has 0 amide bonds. The van der Waals surface area contributed by atoms with Crippen LogP contribution < -0.4 is 0 Å². The molecule has 0 bridgehead atoms. The number of Topliss-reactive ketones (excluding diaryl/α,β-unsaturated/α-hetero) is 1. The fraction of sp³-hybridized carbons (Fsp3) is 0.167. The number of benzene rings is 1. The Labute approximate surface area is 103 Å². The first-order valence-corrected chi connectivity index (χ1v) is 5.39. The molecule has 0 N–H and O–H groups in total. The van der Waals surface area contributed by atoms with E-state index in [4.69, 9.17) is 11.6 Å². The van der Waals surface area contributed by atoms with E-state index in [2.05, 4.69) is 4.98 Å². The standard InChI is InChI=1S/C12H10ClFN2O/c1-16-6-11(15-7-16)12(17)4-8-2-3-9(13)5-10(8)14/h2-3,5-7H,4H2,1H3. The van der Waals surface area contributed by atoms with Gasteiger partial charge in [0.1, 0.15) is 11.5 Å². The van der Waals surface area contributed by atoms with Crippen LogP contribution >= 0.6 is 11.6 Å². The van der Waals surface area contributed by atoms with E-state index in [1.54, 1.807) is 23.9 Å². The highest BCUT2D eigenvalue weighted by atomic mass is 35.5. The van der Waals surface area contributed by atoms with Gasteiger partial charge in [0.2, 0.25) is 0 Å². The van der Waals surface area contributed by atoms with E-state index in [0.29, 0.717) is 16.3 Å². The summed E-state index contributed by atoms with van der Waals surface area (Å²) in [5.74, 6) is -0.686. The summed E-state index contributed by atoms with van der Waals surface area (Å²) < 4.78 is 15.1. The summed E-state index contributed by atoms with van der Waals surface area (Å²) in [7, 11) is 1.77. The zero-order chi connectivity index (χ0) is 12.4. The number of hydrogen-bond donors (Lipinski definition) is 0. The van der Waals surface area contributed by atoms with E-state index in [-0.39, 0.29) is 12.2 Å². The summed E-state index contributed by atoms with van der Waals surface area (Å²) in [5.41, 5.74) is 0.659. The number of halogens is 2. The minimum absolute atomic E-state index is 0.0139. The Balaban J connectivity index is 2.18. The molecular formula is C12H10ClFN2O. The minimum atomic E-state index is -0.471. The first-order valence-electron chi connectivity index (χ1n) is 5.01. The molecule has 0 saturated heterocycles. The Morgan fingerprint density at radius 3 is 2.88 bits per heavy atom. The lowest BCUT2D eigenvalue weighted by molar-refractivity contribution is 0.0987. The molecule has 3 nitrogen and oxygen atoms in total. The van der Waals surface area contributed by atoms with Crippen LogP contribution in [0.4, 0.5) is 4.39 Å². The third kappa shape index (κ3) is 2.71. The number of aromatic nitrogens is 2. The number of aryl methyl sites for hydroxylation is 1. The first kappa shape index (κ1) is 11.8. The molecule has 17 heavy (non-hydrogen) atoms. The van der Waals surface area contributed by atoms with E-state index < -0.39 is 5.82 Å². The molecule has 0 aliphatic carbocycles. The Hall–Kier alpha value is -1.68. The van der Waals surface area contributed by atoms with Gasteiger partial charge in [-0.3, -0.25) is 4.79 Å². The Kier molecular flexibility index (Phi) is 3.24. The van der Waals surface area contributed by atoms with Gasteiger partial charge in [0, 0.05) is 24.7 Å². The Morgan fingerprint density at radius 1 is 1.53 bits per heavy atom. The van der Waals surface area contributed by atoms with E-state index in [0.717, 1.165) is 0 Å². The van der Waals surface area contributed by atoms with Crippen molar-refractivity contribution >= 4 is 17.4 Å². The third-order valence-electron chi connectivity index (χ3n) is 2.36. The number of carbonyl (C=O) groups is 1. The summed E-state index contributed by atoms with van der Waals surface area (Å²) in [6, 6.07) is 4.27. The number of ketones is 1. The molecule has 2 aromatic rings. The average molecular weight is 253 g/mol. The fourth-order valence-corrected chi connectivity index (χ4v) is 1.64. The third-order valence-corrected chi connectivity index (χ3v) is 2.59. The van der Waals surface area contributed by atoms with Gasteiger partial charge in [-0.1, -0.05) is 17.7 Å². The monoisotopic (exact) mass is 252 g/mol. The van der Waals surface area contributed by atoms with Crippen LogP contribution in [-0.4, -0.2) is 15.3 Å². The molecule has 1 heterocycles. The Morgan fingerprint density at radius 2 is 2.29 bits per heavy atom. The molecular weight excluding hydrogens is 243 g/mol. The highest BCUT2D eigenvalue weighted by Crippen LogP contribution is 2.16. The molecule has 1 aromatic carbocycles. The summed E-state index contributed by atoms with van der Waals surface area (Å²) in [4.78, 5) is 15.7. The topological polar surface area (TPSA) is 34.9 Å². The van der Waals surface area contributed by atoms with Crippen LogP contribution in [0.5, 0.6) is 0 Å². The van der Waals surface area contributed by atoms with Crippen LogP contribution in [0.2, 0.25) is 5.02 Å². The van der Waals surface area contributed by atoms with Crippen LogP contribution in [0, 0.1) is 5.82 Å². The molecule has 0 fully saturated rings. The van der Waals surface area contributed by atoms with Crippen molar-refractivity contribution in [2.24, 2.45) is 7.05 Å². The van der Waals surface area contributed by atoms with Gasteiger partial charge in [0.25, 0.3) is 0 Å². The van der Waals surface area contributed by atoms with Crippen LogP contribution in [0.25, 0.3) is 0 Å². The second-order valence-electron chi connectivity index (χ2n) is 3.76. The van der Waals surface area contributed by atoms with E-state index in [9.17, 15) is 9.18 Å².